The number of carbonyl (C=O) groups excluding carboxylic acids is 2. The molecule has 0 aliphatic carbocycles. The summed E-state index contributed by atoms with van der Waals surface area (Å²) in [6, 6.07) is 7.75. The number of nitrogens with zero attached hydrogens (tertiary/aromatic N) is 3. The first-order valence-corrected chi connectivity index (χ1v) is 9.07. The summed E-state index contributed by atoms with van der Waals surface area (Å²) in [6.45, 7) is 8.52. The normalized spacial score (nSPS) is 17.8. The first-order chi connectivity index (χ1) is 11.7. The minimum Gasteiger partial charge on any atom is -0.312 e. The summed E-state index contributed by atoms with van der Waals surface area (Å²) in [7, 11) is 0. The Morgan fingerprint density at radius 1 is 1.32 bits per heavy atom. The molecule has 0 bridgehead atoms. The van der Waals surface area contributed by atoms with Crippen LogP contribution in [-0.4, -0.2) is 28.6 Å². The lowest BCUT2D eigenvalue weighted by Gasteiger charge is -2.17. The van der Waals surface area contributed by atoms with Crippen molar-refractivity contribution in [2.75, 3.05) is 16.8 Å². The molecule has 1 saturated heterocycles. The second-order valence-corrected chi connectivity index (χ2v) is 8.37. The number of anilines is 2. The molecule has 0 spiro atoms. The van der Waals surface area contributed by atoms with Crippen LogP contribution in [0.5, 0.6) is 0 Å². The quantitative estimate of drug-likeness (QED) is 0.915. The Balaban J connectivity index is 1.68. The van der Waals surface area contributed by atoms with Crippen LogP contribution >= 0.6 is 11.3 Å². The maximum absolute atomic E-state index is 12.5. The minimum absolute atomic E-state index is 0.0293. The van der Waals surface area contributed by atoms with Crippen LogP contribution in [0.3, 0.4) is 0 Å². The molecule has 1 aromatic heterocycles. The van der Waals surface area contributed by atoms with Crippen molar-refractivity contribution in [2.24, 2.45) is 5.92 Å². The molecule has 2 amide bonds. The predicted octanol–water partition coefficient (Wildman–Crippen LogP) is 3.14. The molecule has 132 valence electrons. The van der Waals surface area contributed by atoms with Crippen molar-refractivity contribution in [1.29, 1.82) is 0 Å². The molecule has 7 heteroatoms. The van der Waals surface area contributed by atoms with E-state index in [1.165, 1.54) is 11.3 Å². The Labute approximate surface area is 151 Å². The van der Waals surface area contributed by atoms with Crippen LogP contribution in [0.2, 0.25) is 0 Å². The van der Waals surface area contributed by atoms with Gasteiger partial charge in [-0.1, -0.05) is 44.2 Å². The summed E-state index contributed by atoms with van der Waals surface area (Å²) < 4.78 is 0. The van der Waals surface area contributed by atoms with Crippen LogP contribution in [0, 0.1) is 12.8 Å². The molecule has 25 heavy (non-hydrogen) atoms. The zero-order valence-electron chi connectivity index (χ0n) is 14.9. The fourth-order valence-corrected chi connectivity index (χ4v) is 3.52. The summed E-state index contributed by atoms with van der Waals surface area (Å²) in [5.41, 5.74) is 1.82. The Morgan fingerprint density at radius 2 is 2.08 bits per heavy atom. The van der Waals surface area contributed by atoms with E-state index >= 15 is 0 Å². The molecule has 0 saturated carbocycles. The number of hydrogen-bond donors (Lipinski definition) is 1. The number of amides is 2. The highest BCUT2D eigenvalue weighted by Crippen LogP contribution is 2.29. The van der Waals surface area contributed by atoms with E-state index in [1.54, 1.807) is 4.90 Å². The highest BCUT2D eigenvalue weighted by atomic mass is 32.1. The van der Waals surface area contributed by atoms with Gasteiger partial charge in [0.15, 0.2) is 0 Å². The summed E-state index contributed by atoms with van der Waals surface area (Å²) in [5, 5.41) is 12.3. The molecule has 1 aromatic carbocycles. The number of hydrogen-bond acceptors (Lipinski definition) is 5. The molecule has 1 aliphatic heterocycles. The van der Waals surface area contributed by atoms with Crippen LogP contribution in [-0.2, 0) is 15.0 Å². The SMILES string of the molecule is Cc1cccc(N2CC(C(=O)Nc3nnc(C(C)(C)C)s3)CC2=O)c1. The third kappa shape index (κ3) is 3.87. The average Bonchev–Trinajstić information content (AvgIpc) is 3.13. The van der Waals surface area contributed by atoms with Crippen molar-refractivity contribution in [1.82, 2.24) is 10.2 Å². The van der Waals surface area contributed by atoms with E-state index in [1.807, 2.05) is 31.2 Å². The molecule has 1 atom stereocenters. The number of rotatable bonds is 3. The topological polar surface area (TPSA) is 75.2 Å². The molecule has 6 nitrogen and oxygen atoms in total. The van der Waals surface area contributed by atoms with Gasteiger partial charge in [0, 0.05) is 24.1 Å². The number of aryl methyl sites for hydroxylation is 1. The zero-order chi connectivity index (χ0) is 18.2. The Bertz CT molecular complexity index is 809. The van der Waals surface area contributed by atoms with Crippen LogP contribution in [0.1, 0.15) is 37.8 Å². The van der Waals surface area contributed by atoms with Gasteiger partial charge in [-0.25, -0.2) is 0 Å². The summed E-state index contributed by atoms with van der Waals surface area (Å²) >= 11 is 1.37. The van der Waals surface area contributed by atoms with E-state index in [0.29, 0.717) is 11.7 Å². The number of benzene rings is 1. The summed E-state index contributed by atoms with van der Waals surface area (Å²) in [4.78, 5) is 26.5. The maximum Gasteiger partial charge on any atom is 0.231 e. The van der Waals surface area contributed by atoms with Crippen molar-refractivity contribution < 1.29 is 9.59 Å². The van der Waals surface area contributed by atoms with E-state index in [9.17, 15) is 9.59 Å². The second-order valence-electron chi connectivity index (χ2n) is 7.40. The van der Waals surface area contributed by atoms with Crippen molar-refractivity contribution in [3.05, 3.63) is 34.8 Å². The third-order valence-electron chi connectivity index (χ3n) is 4.11. The first kappa shape index (κ1) is 17.5. The molecular formula is C18H22N4O2S. The largest absolute Gasteiger partial charge is 0.312 e. The molecule has 3 rings (SSSR count). The van der Waals surface area contributed by atoms with Crippen molar-refractivity contribution in [2.45, 2.75) is 39.5 Å². The average molecular weight is 358 g/mol. The molecule has 2 heterocycles. The second kappa shape index (κ2) is 6.55. The standard InChI is InChI=1S/C18H22N4O2S/c1-11-6-5-7-13(8-11)22-10-12(9-14(22)23)15(24)19-17-21-20-16(25-17)18(2,3)4/h5-8,12H,9-10H2,1-4H3,(H,19,21,24). The van der Waals surface area contributed by atoms with E-state index in [-0.39, 0.29) is 29.6 Å². The first-order valence-electron chi connectivity index (χ1n) is 8.26. The van der Waals surface area contributed by atoms with Crippen LogP contribution in [0.25, 0.3) is 0 Å². The highest BCUT2D eigenvalue weighted by Gasteiger charge is 2.35. The summed E-state index contributed by atoms with van der Waals surface area (Å²) in [5.74, 6) is -0.589. The van der Waals surface area contributed by atoms with Gasteiger partial charge in [-0.15, -0.1) is 10.2 Å². The van der Waals surface area contributed by atoms with Gasteiger partial charge in [-0.05, 0) is 24.6 Å². The van der Waals surface area contributed by atoms with Crippen LogP contribution in [0.15, 0.2) is 24.3 Å². The van der Waals surface area contributed by atoms with Crippen LogP contribution in [0.4, 0.5) is 10.8 Å². The van der Waals surface area contributed by atoms with Gasteiger partial charge in [0.2, 0.25) is 16.9 Å². The Kier molecular flexibility index (Phi) is 4.60. The van der Waals surface area contributed by atoms with Gasteiger partial charge in [0.25, 0.3) is 0 Å². The smallest absolute Gasteiger partial charge is 0.231 e. The minimum atomic E-state index is -0.380. The fraction of sp³-hybridized carbons (Fsp3) is 0.444. The van der Waals surface area contributed by atoms with Gasteiger partial charge >= 0.3 is 0 Å². The van der Waals surface area contributed by atoms with E-state index in [4.69, 9.17) is 0 Å². The van der Waals surface area contributed by atoms with E-state index in [2.05, 4.69) is 36.3 Å². The van der Waals surface area contributed by atoms with Crippen molar-refractivity contribution >= 4 is 34.0 Å². The van der Waals surface area contributed by atoms with E-state index < -0.39 is 0 Å². The van der Waals surface area contributed by atoms with Gasteiger partial charge in [0.1, 0.15) is 5.01 Å². The van der Waals surface area contributed by atoms with Gasteiger partial charge in [-0.2, -0.15) is 0 Å². The highest BCUT2D eigenvalue weighted by molar-refractivity contribution is 7.15. The molecule has 1 N–H and O–H groups in total. The fourth-order valence-electron chi connectivity index (χ4n) is 2.71. The van der Waals surface area contributed by atoms with Crippen molar-refractivity contribution in [3.8, 4) is 0 Å². The number of nitrogens with one attached hydrogen (secondary N) is 1. The van der Waals surface area contributed by atoms with Crippen LogP contribution < -0.4 is 10.2 Å². The lowest BCUT2D eigenvalue weighted by molar-refractivity contribution is -0.122. The van der Waals surface area contributed by atoms with E-state index in [0.717, 1.165) is 16.3 Å². The van der Waals surface area contributed by atoms with Gasteiger partial charge in [0.05, 0.1) is 5.92 Å². The molecule has 0 radical (unpaired) electrons. The predicted molar refractivity (Wildman–Crippen MR) is 98.9 cm³/mol. The molecule has 1 fully saturated rings. The molecule has 2 aromatic rings. The lowest BCUT2D eigenvalue weighted by Crippen LogP contribution is -2.28. The van der Waals surface area contributed by atoms with Gasteiger partial charge in [-0.3, -0.25) is 9.59 Å². The zero-order valence-corrected chi connectivity index (χ0v) is 15.7. The van der Waals surface area contributed by atoms with Crippen molar-refractivity contribution in [3.63, 3.8) is 0 Å². The maximum atomic E-state index is 12.5. The number of aromatic nitrogens is 2. The monoisotopic (exact) mass is 358 g/mol. The number of carbonyl (C=O) groups is 2. The Hall–Kier alpha value is -2.28. The Morgan fingerprint density at radius 3 is 2.72 bits per heavy atom. The molecular weight excluding hydrogens is 336 g/mol. The van der Waals surface area contributed by atoms with Gasteiger partial charge < -0.3 is 10.2 Å². The summed E-state index contributed by atoms with van der Waals surface area (Å²) in [6.07, 6.45) is 0.213. The molecule has 1 unspecified atom stereocenters. The third-order valence-corrected chi connectivity index (χ3v) is 5.37. The lowest BCUT2D eigenvalue weighted by atomic mass is 9.98. The molecule has 1 aliphatic rings.